The number of benzene rings is 1. The molecular weight excluding hydrogens is 390 g/mol. The van der Waals surface area contributed by atoms with E-state index in [-0.39, 0.29) is 0 Å². The molecule has 4 aliphatic carbocycles. The van der Waals surface area contributed by atoms with E-state index < -0.39 is 0 Å². The van der Waals surface area contributed by atoms with Crippen molar-refractivity contribution in [3.63, 3.8) is 0 Å². The van der Waals surface area contributed by atoms with Crippen LogP contribution in [0.4, 0.5) is 0 Å². The van der Waals surface area contributed by atoms with Gasteiger partial charge in [-0.1, -0.05) is 44.2 Å². The second-order valence-electron chi connectivity index (χ2n) is 12.2. The number of rotatable bonds is 7. The highest BCUT2D eigenvalue weighted by Crippen LogP contribution is 2.65. The maximum atomic E-state index is 5.52. The van der Waals surface area contributed by atoms with Crippen molar-refractivity contribution in [1.29, 1.82) is 0 Å². The van der Waals surface area contributed by atoms with E-state index in [1.807, 2.05) is 7.11 Å². The first-order valence-corrected chi connectivity index (χ1v) is 13.9. The van der Waals surface area contributed by atoms with Gasteiger partial charge in [-0.3, -0.25) is 0 Å². The van der Waals surface area contributed by atoms with Crippen molar-refractivity contribution in [2.24, 2.45) is 46.8 Å². The second-order valence-corrected chi connectivity index (χ2v) is 12.2. The first-order valence-electron chi connectivity index (χ1n) is 13.9. The third-order valence-corrected chi connectivity index (χ3v) is 10.9. The average Bonchev–Trinajstić information content (AvgIpc) is 3.17. The Morgan fingerprint density at radius 2 is 1.78 bits per heavy atom. The molecule has 4 fully saturated rings. The number of hydrogen-bond acceptors (Lipinski definition) is 2. The zero-order chi connectivity index (χ0) is 22.1. The third-order valence-electron chi connectivity index (χ3n) is 10.9. The largest absolute Gasteiger partial charge is 0.384 e. The van der Waals surface area contributed by atoms with Crippen LogP contribution in [0.5, 0.6) is 0 Å². The summed E-state index contributed by atoms with van der Waals surface area (Å²) in [6, 6.07) is 11.7. The minimum absolute atomic E-state index is 0.561. The van der Waals surface area contributed by atoms with Crippen LogP contribution in [0.1, 0.15) is 83.6 Å². The lowest BCUT2D eigenvalue weighted by Gasteiger charge is -2.57. The van der Waals surface area contributed by atoms with E-state index in [9.17, 15) is 0 Å². The van der Waals surface area contributed by atoms with Gasteiger partial charge in [0.1, 0.15) is 0 Å². The Hall–Kier alpha value is -0.860. The van der Waals surface area contributed by atoms with E-state index in [0.717, 1.165) is 54.6 Å². The fourth-order valence-corrected chi connectivity index (χ4v) is 9.45. The number of fused-ring (bicyclic) bond motifs is 5. The lowest BCUT2D eigenvalue weighted by atomic mass is 9.49. The minimum atomic E-state index is 0.561. The number of methoxy groups -OCH3 is 1. The van der Waals surface area contributed by atoms with Crippen LogP contribution in [0.3, 0.4) is 0 Å². The lowest BCUT2D eigenvalue weighted by molar-refractivity contribution is -0.0753. The molecule has 32 heavy (non-hydrogen) atoms. The van der Waals surface area contributed by atoms with Crippen molar-refractivity contribution >= 4 is 0 Å². The zero-order valence-electron chi connectivity index (χ0n) is 20.9. The predicted molar refractivity (Wildman–Crippen MR) is 133 cm³/mol. The van der Waals surface area contributed by atoms with Crippen molar-refractivity contribution < 1.29 is 4.74 Å². The standard InChI is InChI=1S/C30H47NO/c1-4-29(31-19-21-8-6-5-7-9-21)28-15-14-27-26-13-11-23-18-22(20-32-3)10-12-24(23)25(26)16-17-30(27,28)2/h5-9,22-29,31H,4,10-20H2,1-3H3/t22-,23+,24-,25?,26+,27?,28?,29+,30-/m0/s1. The summed E-state index contributed by atoms with van der Waals surface area (Å²) in [5.41, 5.74) is 1.99. The molecule has 0 aliphatic heterocycles. The van der Waals surface area contributed by atoms with Gasteiger partial charge in [-0.05, 0) is 117 Å². The molecule has 0 aromatic heterocycles. The summed E-state index contributed by atoms with van der Waals surface area (Å²) in [4.78, 5) is 0. The van der Waals surface area contributed by atoms with Gasteiger partial charge in [0.2, 0.25) is 0 Å². The fraction of sp³-hybridized carbons (Fsp3) is 0.800. The first kappa shape index (κ1) is 22.9. The fourth-order valence-electron chi connectivity index (χ4n) is 9.45. The van der Waals surface area contributed by atoms with Gasteiger partial charge in [-0.25, -0.2) is 0 Å². The summed E-state index contributed by atoms with van der Waals surface area (Å²) in [5, 5.41) is 4.01. The van der Waals surface area contributed by atoms with E-state index in [4.69, 9.17) is 4.74 Å². The Morgan fingerprint density at radius 1 is 0.969 bits per heavy atom. The van der Waals surface area contributed by atoms with E-state index in [1.54, 1.807) is 0 Å². The molecule has 1 aromatic rings. The Morgan fingerprint density at radius 3 is 2.56 bits per heavy atom. The normalized spacial score (nSPS) is 42.0. The predicted octanol–water partition coefficient (Wildman–Crippen LogP) is 7.09. The number of nitrogens with one attached hydrogen (secondary N) is 1. The molecule has 3 unspecified atom stereocenters. The van der Waals surface area contributed by atoms with E-state index in [2.05, 4.69) is 49.5 Å². The van der Waals surface area contributed by atoms with Crippen LogP contribution in [-0.4, -0.2) is 19.8 Å². The summed E-state index contributed by atoms with van der Waals surface area (Å²) >= 11 is 0. The molecule has 178 valence electrons. The van der Waals surface area contributed by atoms with Gasteiger partial charge < -0.3 is 10.1 Å². The van der Waals surface area contributed by atoms with Crippen LogP contribution >= 0.6 is 0 Å². The molecule has 0 spiro atoms. The molecule has 0 radical (unpaired) electrons. The molecule has 1 aromatic carbocycles. The van der Waals surface area contributed by atoms with Crippen LogP contribution in [-0.2, 0) is 11.3 Å². The van der Waals surface area contributed by atoms with Gasteiger partial charge in [0.05, 0.1) is 0 Å². The highest BCUT2D eigenvalue weighted by Gasteiger charge is 2.57. The highest BCUT2D eigenvalue weighted by molar-refractivity contribution is 5.15. The molecule has 5 rings (SSSR count). The molecule has 4 saturated carbocycles. The maximum Gasteiger partial charge on any atom is 0.0490 e. The molecule has 0 saturated heterocycles. The van der Waals surface area contributed by atoms with E-state index >= 15 is 0 Å². The molecule has 0 amide bonds. The Kier molecular flexibility index (Phi) is 7.01. The maximum absolute atomic E-state index is 5.52. The van der Waals surface area contributed by atoms with Gasteiger partial charge in [0, 0.05) is 26.3 Å². The Balaban J connectivity index is 1.25. The molecule has 4 aliphatic rings. The molecule has 2 nitrogen and oxygen atoms in total. The molecule has 9 atom stereocenters. The van der Waals surface area contributed by atoms with Crippen molar-refractivity contribution in [3.05, 3.63) is 35.9 Å². The Bertz CT molecular complexity index is 734. The van der Waals surface area contributed by atoms with Crippen molar-refractivity contribution in [3.8, 4) is 0 Å². The van der Waals surface area contributed by atoms with Crippen molar-refractivity contribution in [2.75, 3.05) is 13.7 Å². The molecule has 0 heterocycles. The molecule has 2 heteroatoms. The second kappa shape index (κ2) is 9.79. The van der Waals surface area contributed by atoms with Gasteiger partial charge in [0.25, 0.3) is 0 Å². The van der Waals surface area contributed by atoms with Gasteiger partial charge in [-0.15, -0.1) is 0 Å². The summed E-state index contributed by atoms with van der Waals surface area (Å²) in [7, 11) is 1.89. The quantitative estimate of drug-likeness (QED) is 0.492. The molecule has 0 bridgehead atoms. The smallest absolute Gasteiger partial charge is 0.0490 e. The third kappa shape index (κ3) is 4.20. The monoisotopic (exact) mass is 437 g/mol. The van der Waals surface area contributed by atoms with Crippen LogP contribution < -0.4 is 5.32 Å². The van der Waals surface area contributed by atoms with E-state index in [0.29, 0.717) is 11.5 Å². The van der Waals surface area contributed by atoms with Crippen LogP contribution in [0.25, 0.3) is 0 Å². The zero-order valence-corrected chi connectivity index (χ0v) is 20.9. The average molecular weight is 438 g/mol. The SMILES string of the molecule is CC[C@@H](NCc1ccccc1)C1CCC2[C@@H]3CC[C@@H]4C[C@@H](COC)CC[C@@H]4C3CC[C@@]21C. The summed E-state index contributed by atoms with van der Waals surface area (Å²) < 4.78 is 5.52. The summed E-state index contributed by atoms with van der Waals surface area (Å²) in [6.45, 7) is 7.14. The topological polar surface area (TPSA) is 21.3 Å². The Labute approximate surface area is 197 Å². The van der Waals surface area contributed by atoms with Gasteiger partial charge >= 0.3 is 0 Å². The van der Waals surface area contributed by atoms with Crippen molar-refractivity contribution in [1.82, 2.24) is 5.32 Å². The van der Waals surface area contributed by atoms with E-state index in [1.165, 1.54) is 69.8 Å². The first-order chi connectivity index (χ1) is 15.6. The summed E-state index contributed by atoms with van der Waals surface area (Å²) in [5.74, 6) is 6.76. The van der Waals surface area contributed by atoms with Crippen LogP contribution in [0, 0.1) is 46.8 Å². The highest BCUT2D eigenvalue weighted by atomic mass is 16.5. The van der Waals surface area contributed by atoms with Crippen LogP contribution in [0.2, 0.25) is 0 Å². The number of hydrogen-bond donors (Lipinski definition) is 1. The molecule has 1 N–H and O–H groups in total. The number of ether oxygens (including phenoxy) is 1. The van der Waals surface area contributed by atoms with Gasteiger partial charge in [-0.2, -0.15) is 0 Å². The van der Waals surface area contributed by atoms with Crippen molar-refractivity contribution in [2.45, 2.75) is 90.6 Å². The van der Waals surface area contributed by atoms with Crippen LogP contribution in [0.15, 0.2) is 30.3 Å². The summed E-state index contributed by atoms with van der Waals surface area (Å²) in [6.07, 6.45) is 14.6. The van der Waals surface area contributed by atoms with Gasteiger partial charge in [0.15, 0.2) is 0 Å². The minimum Gasteiger partial charge on any atom is -0.384 e. The molecular formula is C30H47NO. The lowest BCUT2D eigenvalue weighted by Crippen LogP contribution is -2.51.